The highest BCUT2D eigenvalue weighted by molar-refractivity contribution is 5.92. The van der Waals surface area contributed by atoms with Crippen LogP contribution >= 0.6 is 0 Å². The molecule has 1 aliphatic rings. The summed E-state index contributed by atoms with van der Waals surface area (Å²) in [5.74, 6) is 0.00866. The fraction of sp³-hybridized carbons (Fsp3) is 0.600. The Morgan fingerprint density at radius 1 is 1.53 bits per heavy atom. The number of ketones is 1. The second kappa shape index (κ2) is 6.66. The fourth-order valence-corrected chi connectivity index (χ4v) is 2.37. The van der Waals surface area contributed by atoms with Gasteiger partial charge in [-0.2, -0.15) is 0 Å². The summed E-state index contributed by atoms with van der Waals surface area (Å²) in [6.45, 7) is 6.46. The van der Waals surface area contributed by atoms with Crippen LogP contribution in [0.2, 0.25) is 0 Å². The molecule has 0 aliphatic carbocycles. The number of hydrogen-bond acceptors (Lipinski definition) is 4. The van der Waals surface area contributed by atoms with Crippen LogP contribution in [-0.4, -0.2) is 36.6 Å². The van der Waals surface area contributed by atoms with Gasteiger partial charge in [-0.3, -0.25) is 9.78 Å². The van der Waals surface area contributed by atoms with E-state index in [1.54, 1.807) is 12.3 Å². The van der Waals surface area contributed by atoms with Crippen molar-refractivity contribution >= 4 is 11.5 Å². The molecule has 104 valence electrons. The molecular formula is C15H22N2O2. The van der Waals surface area contributed by atoms with Gasteiger partial charge in [0.25, 0.3) is 0 Å². The first-order chi connectivity index (χ1) is 9.20. The Kier molecular flexibility index (Phi) is 4.91. The molecule has 0 amide bonds. The predicted octanol–water partition coefficient (Wildman–Crippen LogP) is 2.68. The lowest BCUT2D eigenvalue weighted by molar-refractivity contribution is 0.0440. The molecular weight excluding hydrogens is 240 g/mol. The number of piperidine rings is 1. The lowest BCUT2D eigenvalue weighted by Gasteiger charge is -2.34. The standard InChI is InChI=1S/C15H22N2O2/c1-3-9-19-14-5-4-8-17(11-14)13-6-7-15(12(2)18)16-10-13/h6-7,10,14H,3-5,8-9,11H2,1-2H3. The minimum atomic E-state index is 0.00866. The van der Waals surface area contributed by atoms with Gasteiger partial charge < -0.3 is 9.64 Å². The molecule has 1 saturated heterocycles. The van der Waals surface area contributed by atoms with Crippen molar-refractivity contribution in [2.24, 2.45) is 0 Å². The molecule has 1 fully saturated rings. The van der Waals surface area contributed by atoms with Crippen LogP contribution in [0.4, 0.5) is 5.69 Å². The molecule has 0 saturated carbocycles. The van der Waals surface area contributed by atoms with Crippen molar-refractivity contribution in [3.8, 4) is 0 Å². The Morgan fingerprint density at radius 2 is 2.37 bits per heavy atom. The highest BCUT2D eigenvalue weighted by Crippen LogP contribution is 2.21. The average Bonchev–Trinajstić information content (AvgIpc) is 2.45. The van der Waals surface area contributed by atoms with Crippen LogP contribution in [0.1, 0.15) is 43.6 Å². The third-order valence-corrected chi connectivity index (χ3v) is 3.41. The van der Waals surface area contributed by atoms with E-state index in [2.05, 4.69) is 16.8 Å². The Balaban J connectivity index is 1.98. The topological polar surface area (TPSA) is 42.4 Å². The van der Waals surface area contributed by atoms with Gasteiger partial charge in [0.1, 0.15) is 5.69 Å². The van der Waals surface area contributed by atoms with Crippen molar-refractivity contribution in [1.29, 1.82) is 0 Å². The van der Waals surface area contributed by atoms with E-state index in [0.717, 1.165) is 44.6 Å². The number of anilines is 1. The number of aromatic nitrogens is 1. The number of carbonyl (C=O) groups is 1. The summed E-state index contributed by atoms with van der Waals surface area (Å²) < 4.78 is 5.83. The maximum atomic E-state index is 11.2. The number of nitrogens with zero attached hydrogens (tertiary/aromatic N) is 2. The maximum Gasteiger partial charge on any atom is 0.178 e. The van der Waals surface area contributed by atoms with Gasteiger partial charge in [-0.1, -0.05) is 6.92 Å². The smallest absolute Gasteiger partial charge is 0.178 e. The fourth-order valence-electron chi connectivity index (χ4n) is 2.37. The zero-order valence-electron chi connectivity index (χ0n) is 11.8. The Labute approximate surface area is 114 Å². The van der Waals surface area contributed by atoms with Crippen molar-refractivity contribution < 1.29 is 9.53 Å². The minimum absolute atomic E-state index is 0.00866. The van der Waals surface area contributed by atoms with Gasteiger partial charge in [-0.05, 0) is 31.4 Å². The second-order valence-electron chi connectivity index (χ2n) is 5.04. The van der Waals surface area contributed by atoms with E-state index in [-0.39, 0.29) is 5.78 Å². The molecule has 2 rings (SSSR count). The van der Waals surface area contributed by atoms with Gasteiger partial charge >= 0.3 is 0 Å². The molecule has 1 aromatic heterocycles. The maximum absolute atomic E-state index is 11.2. The predicted molar refractivity (Wildman–Crippen MR) is 75.7 cm³/mol. The molecule has 1 unspecified atom stereocenters. The van der Waals surface area contributed by atoms with Crippen LogP contribution in [0, 0.1) is 0 Å². The van der Waals surface area contributed by atoms with Crippen LogP contribution in [-0.2, 0) is 4.74 Å². The first-order valence-corrected chi connectivity index (χ1v) is 7.04. The third-order valence-electron chi connectivity index (χ3n) is 3.41. The van der Waals surface area contributed by atoms with Gasteiger partial charge in [0.15, 0.2) is 5.78 Å². The van der Waals surface area contributed by atoms with Gasteiger partial charge in [0.2, 0.25) is 0 Å². The summed E-state index contributed by atoms with van der Waals surface area (Å²) in [6.07, 6.45) is 5.45. The summed E-state index contributed by atoms with van der Waals surface area (Å²) in [6, 6.07) is 3.78. The summed E-state index contributed by atoms with van der Waals surface area (Å²) in [5, 5.41) is 0. The zero-order chi connectivity index (χ0) is 13.7. The summed E-state index contributed by atoms with van der Waals surface area (Å²) in [4.78, 5) is 17.7. The highest BCUT2D eigenvalue weighted by atomic mass is 16.5. The SMILES string of the molecule is CCCOC1CCCN(c2ccc(C(C)=O)nc2)C1. The van der Waals surface area contributed by atoms with Crippen molar-refractivity contribution in [2.45, 2.75) is 39.2 Å². The van der Waals surface area contributed by atoms with Crippen molar-refractivity contribution in [2.75, 3.05) is 24.6 Å². The first-order valence-electron chi connectivity index (χ1n) is 7.04. The second-order valence-corrected chi connectivity index (χ2v) is 5.04. The highest BCUT2D eigenvalue weighted by Gasteiger charge is 2.20. The molecule has 0 N–H and O–H groups in total. The lowest BCUT2D eigenvalue weighted by atomic mass is 10.1. The molecule has 1 aliphatic heterocycles. The molecule has 1 aromatic rings. The number of ether oxygens (including phenoxy) is 1. The molecule has 19 heavy (non-hydrogen) atoms. The normalized spacial score (nSPS) is 19.5. The monoisotopic (exact) mass is 262 g/mol. The summed E-state index contributed by atoms with van der Waals surface area (Å²) in [5.41, 5.74) is 1.61. The third kappa shape index (κ3) is 3.77. The Hall–Kier alpha value is -1.42. The molecule has 0 bridgehead atoms. The van der Waals surface area contributed by atoms with Crippen LogP contribution in [0.5, 0.6) is 0 Å². The van der Waals surface area contributed by atoms with E-state index < -0.39 is 0 Å². The zero-order valence-corrected chi connectivity index (χ0v) is 11.8. The largest absolute Gasteiger partial charge is 0.376 e. The van der Waals surface area contributed by atoms with Crippen molar-refractivity contribution in [1.82, 2.24) is 4.98 Å². The summed E-state index contributed by atoms with van der Waals surface area (Å²) in [7, 11) is 0. The number of Topliss-reactive ketones (excluding diaryl/α,β-unsaturated/α-hetero) is 1. The van der Waals surface area contributed by atoms with E-state index in [1.165, 1.54) is 6.92 Å². The number of pyridine rings is 1. The minimum Gasteiger partial charge on any atom is -0.376 e. The molecule has 4 nitrogen and oxygen atoms in total. The molecule has 0 spiro atoms. The molecule has 2 heterocycles. The van der Waals surface area contributed by atoms with Crippen molar-refractivity contribution in [3.63, 3.8) is 0 Å². The number of rotatable bonds is 5. The van der Waals surface area contributed by atoms with Gasteiger partial charge in [-0.15, -0.1) is 0 Å². The van der Waals surface area contributed by atoms with Crippen molar-refractivity contribution in [3.05, 3.63) is 24.0 Å². The number of carbonyl (C=O) groups excluding carboxylic acids is 1. The number of hydrogen-bond donors (Lipinski definition) is 0. The van der Waals surface area contributed by atoms with Gasteiger partial charge in [0.05, 0.1) is 18.0 Å². The molecule has 1 atom stereocenters. The van der Waals surface area contributed by atoms with Gasteiger partial charge in [-0.25, -0.2) is 0 Å². The van der Waals surface area contributed by atoms with Crippen LogP contribution in [0.3, 0.4) is 0 Å². The van der Waals surface area contributed by atoms with E-state index >= 15 is 0 Å². The first kappa shape index (κ1) is 14.0. The summed E-state index contributed by atoms with van der Waals surface area (Å²) >= 11 is 0. The van der Waals surface area contributed by atoms with Crippen LogP contribution < -0.4 is 4.90 Å². The van der Waals surface area contributed by atoms with E-state index in [4.69, 9.17) is 4.74 Å². The van der Waals surface area contributed by atoms with Crippen LogP contribution in [0.15, 0.2) is 18.3 Å². The van der Waals surface area contributed by atoms with Gasteiger partial charge in [0, 0.05) is 26.6 Å². The lowest BCUT2D eigenvalue weighted by Crippen LogP contribution is -2.39. The Bertz CT molecular complexity index is 417. The average molecular weight is 262 g/mol. The van der Waals surface area contributed by atoms with E-state index in [0.29, 0.717) is 11.8 Å². The van der Waals surface area contributed by atoms with E-state index in [9.17, 15) is 4.79 Å². The quantitative estimate of drug-likeness (QED) is 0.765. The molecule has 4 heteroatoms. The van der Waals surface area contributed by atoms with E-state index in [1.807, 2.05) is 6.07 Å². The van der Waals surface area contributed by atoms with Crippen LogP contribution in [0.25, 0.3) is 0 Å². The Morgan fingerprint density at radius 3 is 3.00 bits per heavy atom. The molecule has 0 radical (unpaired) electrons. The molecule has 0 aromatic carbocycles.